The zero-order chi connectivity index (χ0) is 17.2. The first-order valence-electron chi connectivity index (χ1n) is 8.91. The summed E-state index contributed by atoms with van der Waals surface area (Å²) in [5.74, 6) is 2.79. The van der Waals surface area contributed by atoms with E-state index in [4.69, 9.17) is 5.10 Å². The molecule has 1 N–H and O–H groups in total. The Morgan fingerprint density at radius 3 is 2.68 bits per heavy atom. The second kappa shape index (κ2) is 6.67. The fourth-order valence-electron chi connectivity index (χ4n) is 2.95. The Labute approximate surface area is 148 Å². The maximum absolute atomic E-state index is 4.79. The van der Waals surface area contributed by atoms with E-state index in [0.29, 0.717) is 18.4 Å². The third-order valence-electron chi connectivity index (χ3n) is 4.47. The summed E-state index contributed by atoms with van der Waals surface area (Å²) in [6, 6.07) is 12.2. The average molecular weight is 333 g/mol. The van der Waals surface area contributed by atoms with Gasteiger partial charge in [0.1, 0.15) is 11.6 Å². The van der Waals surface area contributed by atoms with E-state index in [9.17, 15) is 0 Å². The molecule has 1 saturated carbocycles. The van der Waals surface area contributed by atoms with Crippen molar-refractivity contribution in [3.8, 4) is 5.69 Å². The van der Waals surface area contributed by atoms with E-state index in [1.54, 1.807) is 0 Å². The van der Waals surface area contributed by atoms with Gasteiger partial charge in [0.25, 0.3) is 0 Å². The first-order chi connectivity index (χ1) is 12.2. The van der Waals surface area contributed by atoms with E-state index in [1.165, 1.54) is 18.4 Å². The molecular formula is C20H23N5. The third-order valence-corrected chi connectivity index (χ3v) is 4.47. The van der Waals surface area contributed by atoms with Crippen LogP contribution >= 0.6 is 0 Å². The number of hydrogen-bond donors (Lipinski definition) is 1. The van der Waals surface area contributed by atoms with Gasteiger partial charge in [-0.2, -0.15) is 5.10 Å². The lowest BCUT2D eigenvalue weighted by molar-refractivity contribution is 0.763. The molecule has 1 fully saturated rings. The molecule has 3 aromatic rings. The summed E-state index contributed by atoms with van der Waals surface area (Å²) in [6.45, 7) is 5.07. The molecule has 0 atom stereocenters. The highest BCUT2D eigenvalue weighted by atomic mass is 15.3. The zero-order valence-electron chi connectivity index (χ0n) is 14.7. The minimum atomic E-state index is 0.370. The molecule has 4 rings (SSSR count). The lowest BCUT2D eigenvalue weighted by Gasteiger charge is -2.08. The van der Waals surface area contributed by atoms with E-state index in [1.807, 2.05) is 35.1 Å². The molecule has 1 aromatic carbocycles. The minimum Gasteiger partial charge on any atom is -0.366 e. The number of anilines is 1. The van der Waals surface area contributed by atoms with Gasteiger partial charge in [0.2, 0.25) is 0 Å². The van der Waals surface area contributed by atoms with Crippen molar-refractivity contribution >= 4 is 5.82 Å². The number of rotatable bonds is 6. The van der Waals surface area contributed by atoms with Gasteiger partial charge in [0, 0.05) is 30.4 Å². The molecule has 0 radical (unpaired) electrons. The number of nitrogens with zero attached hydrogens (tertiary/aromatic N) is 4. The SMILES string of the molecule is CC(C)c1nn(-c2ccccc2)cc1CNc1ccnc(C2CC2)n1. The van der Waals surface area contributed by atoms with Crippen molar-refractivity contribution in [2.45, 2.75) is 45.1 Å². The number of para-hydroxylation sites is 1. The highest BCUT2D eigenvalue weighted by molar-refractivity contribution is 5.38. The van der Waals surface area contributed by atoms with Crippen LogP contribution in [-0.2, 0) is 6.54 Å². The molecule has 0 bridgehead atoms. The molecule has 1 aliphatic carbocycles. The fourth-order valence-corrected chi connectivity index (χ4v) is 2.95. The highest BCUT2D eigenvalue weighted by Crippen LogP contribution is 2.38. The van der Waals surface area contributed by atoms with Crippen molar-refractivity contribution in [1.29, 1.82) is 0 Å². The summed E-state index contributed by atoms with van der Waals surface area (Å²) in [6.07, 6.45) is 6.38. The van der Waals surface area contributed by atoms with E-state index in [-0.39, 0.29) is 0 Å². The van der Waals surface area contributed by atoms with Crippen LogP contribution in [0.25, 0.3) is 5.69 Å². The van der Waals surface area contributed by atoms with Crippen molar-refractivity contribution in [2.24, 2.45) is 0 Å². The summed E-state index contributed by atoms with van der Waals surface area (Å²) < 4.78 is 1.96. The van der Waals surface area contributed by atoms with E-state index >= 15 is 0 Å². The number of hydrogen-bond acceptors (Lipinski definition) is 4. The van der Waals surface area contributed by atoms with Crippen LogP contribution in [0.1, 0.15) is 55.6 Å². The van der Waals surface area contributed by atoms with Gasteiger partial charge in [-0.15, -0.1) is 0 Å². The summed E-state index contributed by atoms with van der Waals surface area (Å²) in [5.41, 5.74) is 3.40. The Balaban J connectivity index is 1.55. The lowest BCUT2D eigenvalue weighted by atomic mass is 10.1. The van der Waals surface area contributed by atoms with Crippen LogP contribution in [-0.4, -0.2) is 19.7 Å². The largest absolute Gasteiger partial charge is 0.366 e. The standard InChI is InChI=1S/C20H23N5/c1-14(2)19-16(13-25(24-19)17-6-4-3-5-7-17)12-22-18-10-11-21-20(23-18)15-8-9-15/h3-7,10-11,13-15H,8-9,12H2,1-2H3,(H,21,22,23). The summed E-state index contributed by atoms with van der Waals surface area (Å²) in [5, 5.41) is 8.23. The van der Waals surface area contributed by atoms with Gasteiger partial charge >= 0.3 is 0 Å². The second-order valence-electron chi connectivity index (χ2n) is 6.90. The van der Waals surface area contributed by atoms with Gasteiger partial charge in [-0.25, -0.2) is 14.6 Å². The smallest absolute Gasteiger partial charge is 0.133 e. The molecule has 0 unspecified atom stereocenters. The number of nitrogens with one attached hydrogen (secondary N) is 1. The van der Waals surface area contributed by atoms with Crippen LogP contribution in [0.2, 0.25) is 0 Å². The molecule has 2 aromatic heterocycles. The van der Waals surface area contributed by atoms with Gasteiger partial charge in [-0.05, 0) is 37.0 Å². The predicted octanol–water partition coefficient (Wildman–Crippen LogP) is 4.28. The van der Waals surface area contributed by atoms with Crippen molar-refractivity contribution in [3.05, 3.63) is 65.9 Å². The third kappa shape index (κ3) is 3.55. The average Bonchev–Trinajstić information content (AvgIpc) is 3.40. The van der Waals surface area contributed by atoms with Crippen LogP contribution in [0, 0.1) is 0 Å². The predicted molar refractivity (Wildman–Crippen MR) is 99.0 cm³/mol. The maximum Gasteiger partial charge on any atom is 0.133 e. The molecular weight excluding hydrogens is 310 g/mol. The molecule has 1 aliphatic rings. The summed E-state index contributed by atoms with van der Waals surface area (Å²) >= 11 is 0. The minimum absolute atomic E-state index is 0.370. The molecule has 0 amide bonds. The summed E-state index contributed by atoms with van der Waals surface area (Å²) in [7, 11) is 0. The van der Waals surface area contributed by atoms with Crippen LogP contribution in [0.5, 0.6) is 0 Å². The lowest BCUT2D eigenvalue weighted by Crippen LogP contribution is -2.05. The Morgan fingerprint density at radius 2 is 1.96 bits per heavy atom. The topological polar surface area (TPSA) is 55.6 Å². The van der Waals surface area contributed by atoms with Crippen molar-refractivity contribution in [1.82, 2.24) is 19.7 Å². The van der Waals surface area contributed by atoms with E-state index in [0.717, 1.165) is 23.0 Å². The molecule has 0 spiro atoms. The van der Waals surface area contributed by atoms with Crippen molar-refractivity contribution in [3.63, 3.8) is 0 Å². The monoisotopic (exact) mass is 333 g/mol. The van der Waals surface area contributed by atoms with Gasteiger partial charge in [0.05, 0.1) is 11.4 Å². The van der Waals surface area contributed by atoms with E-state index < -0.39 is 0 Å². The quantitative estimate of drug-likeness (QED) is 0.732. The summed E-state index contributed by atoms with van der Waals surface area (Å²) in [4.78, 5) is 9.02. The van der Waals surface area contributed by atoms with Crippen molar-refractivity contribution in [2.75, 3.05) is 5.32 Å². The van der Waals surface area contributed by atoms with Crippen LogP contribution < -0.4 is 5.32 Å². The van der Waals surface area contributed by atoms with Crippen LogP contribution in [0.3, 0.4) is 0 Å². The Bertz CT molecular complexity index is 850. The first-order valence-corrected chi connectivity index (χ1v) is 8.91. The second-order valence-corrected chi connectivity index (χ2v) is 6.90. The Kier molecular flexibility index (Phi) is 4.22. The molecule has 0 aliphatic heterocycles. The highest BCUT2D eigenvalue weighted by Gasteiger charge is 2.26. The van der Waals surface area contributed by atoms with E-state index in [2.05, 4.69) is 47.5 Å². The Morgan fingerprint density at radius 1 is 1.16 bits per heavy atom. The maximum atomic E-state index is 4.79. The van der Waals surface area contributed by atoms with Crippen LogP contribution in [0.4, 0.5) is 5.82 Å². The molecule has 5 heteroatoms. The number of aromatic nitrogens is 4. The fraction of sp³-hybridized carbons (Fsp3) is 0.350. The van der Waals surface area contributed by atoms with Crippen LogP contribution in [0.15, 0.2) is 48.8 Å². The number of benzene rings is 1. The Hall–Kier alpha value is -2.69. The van der Waals surface area contributed by atoms with Gasteiger partial charge in [-0.3, -0.25) is 0 Å². The zero-order valence-corrected chi connectivity index (χ0v) is 14.7. The molecule has 128 valence electrons. The van der Waals surface area contributed by atoms with Gasteiger partial charge in [0.15, 0.2) is 0 Å². The first kappa shape index (κ1) is 15.8. The molecule has 25 heavy (non-hydrogen) atoms. The molecule has 5 nitrogen and oxygen atoms in total. The van der Waals surface area contributed by atoms with Crippen molar-refractivity contribution < 1.29 is 0 Å². The molecule has 0 saturated heterocycles. The van der Waals surface area contributed by atoms with Gasteiger partial charge < -0.3 is 5.32 Å². The normalized spacial score (nSPS) is 14.0. The molecule has 2 heterocycles. The van der Waals surface area contributed by atoms with Gasteiger partial charge in [-0.1, -0.05) is 32.0 Å².